The molecule has 3 aromatic carbocycles. The molecule has 10 heterocycles. The number of hydrogen-bond donors (Lipinski definition) is 6. The number of amides is 3. The molecule has 3 aliphatic rings. The van der Waals surface area contributed by atoms with Crippen LogP contribution in [0.15, 0.2) is 151 Å². The first kappa shape index (κ1) is 67.3. The number of nitrogens with zero attached hydrogens (tertiary/aromatic N) is 14. The molecule has 13 rings (SSSR count). The van der Waals surface area contributed by atoms with Crippen molar-refractivity contribution in [1.29, 1.82) is 0 Å². The van der Waals surface area contributed by atoms with Gasteiger partial charge in [0.15, 0.2) is 17.5 Å². The van der Waals surface area contributed by atoms with Gasteiger partial charge in [-0.1, -0.05) is 0 Å². The van der Waals surface area contributed by atoms with Crippen molar-refractivity contribution in [3.05, 3.63) is 210 Å². The van der Waals surface area contributed by atoms with Crippen molar-refractivity contribution in [2.75, 3.05) is 101 Å². The summed E-state index contributed by atoms with van der Waals surface area (Å²) in [7, 11) is 5.21. The average Bonchev–Trinajstić information content (AvgIpc) is 1.65. The molecule has 0 spiro atoms. The number of nitrogens with two attached hydrogens (primary N) is 2. The molecule has 0 saturated heterocycles. The number of ether oxygens (including phenoxy) is 2. The summed E-state index contributed by atoms with van der Waals surface area (Å²) in [4.78, 5) is 114. The van der Waals surface area contributed by atoms with Crippen molar-refractivity contribution in [3.8, 4) is 17.2 Å². The van der Waals surface area contributed by atoms with Crippen LogP contribution in [0.2, 0.25) is 0 Å². The summed E-state index contributed by atoms with van der Waals surface area (Å²) in [6, 6.07) is 29.9. The number of aliphatic hydroxyl groups is 1. The molecule has 8 N–H and O–H groups in total. The number of aliphatic hydroxyl groups excluding tert-OH is 1. The molecule has 0 saturated carbocycles. The zero-order valence-corrected chi connectivity index (χ0v) is 53.6. The molecule has 3 aliphatic heterocycles. The predicted molar refractivity (Wildman–Crippen MR) is 366 cm³/mol. The second-order valence-corrected chi connectivity index (χ2v) is 21.9. The molecule has 0 unspecified atom stereocenters. The van der Waals surface area contributed by atoms with Crippen LogP contribution in [0.1, 0.15) is 68.5 Å². The summed E-state index contributed by atoms with van der Waals surface area (Å²) >= 11 is 0. The first-order valence-electron chi connectivity index (χ1n) is 30.6. The number of nitrogen functional groups attached to an aromatic ring is 2. The van der Waals surface area contributed by atoms with Crippen LogP contribution in [0.3, 0.4) is 0 Å². The van der Waals surface area contributed by atoms with E-state index in [0.717, 1.165) is 45.5 Å². The second-order valence-electron chi connectivity index (χ2n) is 21.9. The van der Waals surface area contributed by atoms with Gasteiger partial charge in [-0.05, 0) is 135 Å². The number of fused-ring (bicyclic) bond motifs is 7. The molecule has 0 bridgehead atoms. The highest BCUT2D eigenvalue weighted by atomic mass is 16.6. The fourth-order valence-corrected chi connectivity index (χ4v) is 10.9. The van der Waals surface area contributed by atoms with Gasteiger partial charge in [0.05, 0.1) is 80.0 Å². The third-order valence-corrected chi connectivity index (χ3v) is 15.9. The number of imidazole rings is 1. The van der Waals surface area contributed by atoms with Crippen LogP contribution in [0.25, 0.3) is 11.0 Å². The molecular formula is C67H68N18O12. The number of H-pyrrole nitrogens is 2. The number of pyridine rings is 6. The second kappa shape index (κ2) is 29.6. The first-order valence-corrected chi connectivity index (χ1v) is 30.6. The summed E-state index contributed by atoms with van der Waals surface area (Å²) in [5.41, 5.74) is 18.0. The highest BCUT2D eigenvalue weighted by molar-refractivity contribution is 6.14. The van der Waals surface area contributed by atoms with Crippen molar-refractivity contribution < 1.29 is 43.9 Å². The monoisotopic (exact) mass is 1320 g/mol. The molecule has 97 heavy (non-hydrogen) atoms. The number of carbonyl (C=O) groups is 3. The number of aromatic hydroxyl groups is 1. The largest absolute Gasteiger partial charge is 0.508 e. The lowest BCUT2D eigenvalue weighted by molar-refractivity contribution is -0.384. The maximum atomic E-state index is 13.2. The Labute approximate surface area is 554 Å². The van der Waals surface area contributed by atoms with Crippen molar-refractivity contribution >= 4 is 103 Å². The maximum absolute atomic E-state index is 13.2. The van der Waals surface area contributed by atoms with E-state index in [4.69, 9.17) is 31.2 Å². The molecule has 30 heteroatoms. The number of nitro benzene ring substituents is 2. The van der Waals surface area contributed by atoms with E-state index in [2.05, 4.69) is 39.9 Å². The Kier molecular flexibility index (Phi) is 20.5. The summed E-state index contributed by atoms with van der Waals surface area (Å²) in [5.74, 6) is 4.32. The van der Waals surface area contributed by atoms with Crippen molar-refractivity contribution in [2.24, 2.45) is 0 Å². The van der Waals surface area contributed by atoms with Gasteiger partial charge in [-0.3, -0.25) is 34.6 Å². The van der Waals surface area contributed by atoms with Gasteiger partial charge in [-0.15, -0.1) is 0 Å². The molecule has 498 valence electrons. The van der Waals surface area contributed by atoms with Crippen LogP contribution in [0.5, 0.6) is 17.2 Å². The van der Waals surface area contributed by atoms with E-state index in [1.807, 2.05) is 90.1 Å². The Morgan fingerprint density at radius 3 is 1.27 bits per heavy atom. The molecular weight excluding hydrogens is 1250 g/mol. The minimum absolute atomic E-state index is 0.0315. The fraction of sp³-hybridized carbons (Fsp3) is 0.224. The Bertz CT molecular complexity index is 4680. The van der Waals surface area contributed by atoms with E-state index in [9.17, 15) is 39.4 Å². The lowest BCUT2D eigenvalue weighted by Gasteiger charge is -2.22. The third-order valence-electron chi connectivity index (χ3n) is 15.9. The van der Waals surface area contributed by atoms with Crippen LogP contribution in [-0.4, -0.2) is 138 Å². The molecule has 0 fully saturated rings. The average molecular weight is 1320 g/mol. The Morgan fingerprint density at radius 2 is 0.866 bits per heavy atom. The third kappa shape index (κ3) is 14.5. The van der Waals surface area contributed by atoms with Gasteiger partial charge in [0, 0.05) is 103 Å². The maximum Gasteiger partial charge on any atom is 0.323 e. The van der Waals surface area contributed by atoms with Crippen molar-refractivity contribution in [2.45, 2.75) is 40.0 Å². The van der Waals surface area contributed by atoms with Crippen molar-refractivity contribution in [1.82, 2.24) is 39.9 Å². The molecule has 0 aliphatic carbocycles. The lowest BCUT2D eigenvalue weighted by atomic mass is 10.1. The Morgan fingerprint density at radius 1 is 0.485 bits per heavy atom. The SMILES string of the molecule is CCN1c2ncc(CCO)cc2C(=O)N(C)c2cccnc21.CCN1c2ncc(CCOc3ccc(N)c([N+](=O)[O-])c3)cc2C(=O)N(C)c2cccnc21.CCN1c2ncc(CCOc3ccc4[nH]c(=O)[nH]c4c3)cc2C(=O)N(C)c2cccnc21.Nc1ccc(O)cc1[N+](=O)[O-]. The first-order chi connectivity index (χ1) is 46.7. The quantitative estimate of drug-likeness (QED) is 0.0241. The molecule has 7 aromatic heterocycles. The summed E-state index contributed by atoms with van der Waals surface area (Å²) < 4.78 is 11.5. The number of hydrogen-bond acceptors (Lipinski definition) is 23. The smallest absolute Gasteiger partial charge is 0.323 e. The van der Waals surface area contributed by atoms with Crippen molar-refractivity contribution in [3.63, 3.8) is 0 Å². The van der Waals surface area contributed by atoms with Crippen LogP contribution in [-0.2, 0) is 19.3 Å². The summed E-state index contributed by atoms with van der Waals surface area (Å²) in [6.45, 7) is 8.58. The van der Waals surface area contributed by atoms with Gasteiger partial charge in [0.2, 0.25) is 0 Å². The van der Waals surface area contributed by atoms with Crippen LogP contribution >= 0.6 is 0 Å². The number of carbonyl (C=O) groups excluding carboxylic acids is 3. The Hall–Kier alpha value is -12.6. The highest BCUT2D eigenvalue weighted by Gasteiger charge is 2.34. The van der Waals surface area contributed by atoms with E-state index < -0.39 is 9.85 Å². The number of phenolic OH excluding ortho intramolecular Hbond substituents is 1. The van der Waals surface area contributed by atoms with Gasteiger partial charge < -0.3 is 70.5 Å². The van der Waals surface area contributed by atoms with Crippen LogP contribution in [0.4, 0.5) is 74.7 Å². The standard InChI is InChI=1S/C23H22N6O3.C22H22N6O4.C16H18N4O2.C6H6N2O3/c1-3-29-20-16(22(30)28(2)19-5-4-9-24-21(19)29)11-14(13-25-20)8-10-32-15-6-7-17-18(12-15)27-23(31)26-17;1-3-27-20-16(22(29)26(2)18-5-4-9-24-21(18)27)11-14(13-25-20)8-10-32-15-6-7-17(23)19(12-15)28(30)31;1-3-20-14-12(9-11(6-8-21)10-18-14)16(22)19(2)13-5-4-7-17-15(13)20;7-5-2-1-4(9)3-6(5)8(10)11/h4-7,9,11-13H,3,8,10H2,1-2H3,(H2,26,27,31);4-7,9,11-13H,3,8,10,23H2,1-2H3;4-5,7,9-10,21H,3,6,8H2,1-2H3;1-3,9H,7H2. The lowest BCUT2D eigenvalue weighted by Crippen LogP contribution is -2.25. The van der Waals surface area contributed by atoms with E-state index in [1.54, 1.807) is 97.3 Å². The van der Waals surface area contributed by atoms with Gasteiger partial charge in [-0.2, -0.15) is 0 Å². The van der Waals surface area contributed by atoms with Gasteiger partial charge >= 0.3 is 5.69 Å². The zero-order valence-electron chi connectivity index (χ0n) is 53.6. The topological polar surface area (TPSA) is 394 Å². The molecule has 30 nitrogen and oxygen atoms in total. The fourth-order valence-electron chi connectivity index (χ4n) is 10.9. The number of rotatable bonds is 15. The van der Waals surface area contributed by atoms with Gasteiger partial charge in [-0.25, -0.2) is 34.7 Å². The Balaban J connectivity index is 0.000000148. The van der Waals surface area contributed by atoms with Crippen LogP contribution in [0, 0.1) is 20.2 Å². The van der Waals surface area contributed by atoms with E-state index in [-0.39, 0.29) is 65.1 Å². The highest BCUT2D eigenvalue weighted by Crippen LogP contribution is 2.41. The number of aromatic amines is 2. The molecule has 0 radical (unpaired) electrons. The zero-order chi connectivity index (χ0) is 69.2. The number of nitro groups is 2. The number of benzene rings is 3. The van der Waals surface area contributed by atoms with E-state index >= 15 is 0 Å². The number of anilines is 11. The molecule has 10 aromatic rings. The minimum Gasteiger partial charge on any atom is -0.508 e. The number of aromatic nitrogens is 8. The van der Waals surface area contributed by atoms with Crippen LogP contribution < -0.4 is 56.0 Å². The summed E-state index contributed by atoms with van der Waals surface area (Å²) in [5, 5.41) is 39.2. The van der Waals surface area contributed by atoms with E-state index in [1.165, 1.54) is 24.3 Å². The summed E-state index contributed by atoms with van der Waals surface area (Å²) in [6.07, 6.45) is 11.8. The number of phenols is 1. The van der Waals surface area contributed by atoms with Gasteiger partial charge in [0.25, 0.3) is 29.1 Å². The minimum atomic E-state index is -0.644. The van der Waals surface area contributed by atoms with Gasteiger partial charge in [0.1, 0.15) is 46.1 Å². The molecule has 0 atom stereocenters. The predicted octanol–water partition coefficient (Wildman–Crippen LogP) is 8.99. The number of nitrogens with one attached hydrogen (secondary N) is 2. The van der Waals surface area contributed by atoms with E-state index in [0.29, 0.717) is 114 Å². The molecule has 3 amide bonds. The normalized spacial score (nSPS) is 12.7.